The summed E-state index contributed by atoms with van der Waals surface area (Å²) in [4.78, 5) is 11.6. The van der Waals surface area contributed by atoms with Gasteiger partial charge in [-0.3, -0.25) is 4.79 Å². The highest BCUT2D eigenvalue weighted by molar-refractivity contribution is 5.76. The monoisotopic (exact) mass is 484 g/mol. The van der Waals surface area contributed by atoms with Gasteiger partial charge < -0.3 is 30.1 Å². The summed E-state index contributed by atoms with van der Waals surface area (Å²) in [6.45, 7) is 0.329. The fourth-order valence-corrected chi connectivity index (χ4v) is 3.66. The van der Waals surface area contributed by atoms with Crippen molar-refractivity contribution in [1.82, 2.24) is 5.32 Å². The molecular formula is C22H20F4N2O6. The number of carbonyl (C=O) groups excluding carboxylic acids is 1. The molecular weight excluding hydrogens is 464 g/mol. The topological polar surface area (TPSA) is 132 Å². The van der Waals surface area contributed by atoms with E-state index in [9.17, 15) is 37.7 Å². The number of alkyl halides is 3. The van der Waals surface area contributed by atoms with Crippen molar-refractivity contribution in [2.45, 2.75) is 43.7 Å². The zero-order chi connectivity index (χ0) is 25.2. The normalized spacial score (nSPS) is 24.9. The van der Waals surface area contributed by atoms with Crippen molar-refractivity contribution in [2.75, 3.05) is 6.61 Å². The fourth-order valence-electron chi connectivity index (χ4n) is 3.66. The van der Waals surface area contributed by atoms with E-state index in [0.717, 1.165) is 43.3 Å². The molecule has 1 amide bonds. The van der Waals surface area contributed by atoms with Crippen LogP contribution in [0.4, 0.5) is 17.6 Å². The molecule has 3 rings (SSSR count). The van der Waals surface area contributed by atoms with Gasteiger partial charge in [0.05, 0.1) is 23.8 Å². The molecule has 0 radical (unpaired) electrons. The summed E-state index contributed by atoms with van der Waals surface area (Å²) in [7, 11) is 0. The predicted octanol–water partition coefficient (Wildman–Crippen LogP) is 1.71. The summed E-state index contributed by atoms with van der Waals surface area (Å²) in [6.07, 6.45) is -11.3. The fraction of sp³-hybridized carbons (Fsp3) is 0.364. The predicted molar refractivity (Wildman–Crippen MR) is 108 cm³/mol. The Hall–Kier alpha value is -3.24. The van der Waals surface area contributed by atoms with Gasteiger partial charge in [-0.1, -0.05) is 6.07 Å². The number of nitrogens with zero attached hydrogens (tertiary/aromatic N) is 1. The van der Waals surface area contributed by atoms with Crippen molar-refractivity contribution in [3.05, 3.63) is 53.3 Å². The van der Waals surface area contributed by atoms with E-state index in [1.807, 2.05) is 0 Å². The van der Waals surface area contributed by atoms with E-state index in [0.29, 0.717) is 0 Å². The van der Waals surface area contributed by atoms with Crippen LogP contribution in [0.15, 0.2) is 36.4 Å². The van der Waals surface area contributed by atoms with Crippen LogP contribution in [0.5, 0.6) is 5.75 Å². The largest absolute Gasteiger partial charge is 0.462 e. The molecule has 0 unspecified atom stereocenters. The number of rotatable bonds is 5. The van der Waals surface area contributed by atoms with E-state index >= 15 is 0 Å². The van der Waals surface area contributed by atoms with E-state index < -0.39 is 72.0 Å². The molecule has 1 saturated heterocycles. The number of hydrogen-bond donors (Lipinski definition) is 4. The zero-order valence-electron chi connectivity index (χ0n) is 17.6. The first-order valence-electron chi connectivity index (χ1n) is 9.93. The summed E-state index contributed by atoms with van der Waals surface area (Å²) in [5, 5.41) is 41.4. The second-order valence-corrected chi connectivity index (χ2v) is 7.57. The molecule has 4 N–H and O–H groups in total. The summed E-state index contributed by atoms with van der Waals surface area (Å²) >= 11 is 0. The first-order chi connectivity index (χ1) is 16.0. The Labute approximate surface area is 191 Å². The number of aliphatic hydroxyl groups is 3. The first kappa shape index (κ1) is 25.4. The number of halogens is 4. The van der Waals surface area contributed by atoms with Crippen molar-refractivity contribution >= 4 is 5.91 Å². The van der Waals surface area contributed by atoms with Crippen molar-refractivity contribution < 1.29 is 47.1 Å². The molecule has 0 spiro atoms. The maximum Gasteiger partial charge on any atom is 0.417 e. The molecule has 0 aromatic heterocycles. The third kappa shape index (κ3) is 5.28. The van der Waals surface area contributed by atoms with Crippen molar-refractivity contribution in [1.29, 1.82) is 5.26 Å². The van der Waals surface area contributed by atoms with Crippen LogP contribution in [0.2, 0.25) is 0 Å². The lowest BCUT2D eigenvalue weighted by molar-refractivity contribution is -0.244. The molecule has 2 aromatic carbocycles. The van der Waals surface area contributed by atoms with Gasteiger partial charge in [0.15, 0.2) is 0 Å². The summed E-state index contributed by atoms with van der Waals surface area (Å²) in [5.74, 6) is -2.09. The Bertz CT molecular complexity index is 1100. The lowest BCUT2D eigenvalue weighted by Gasteiger charge is -2.42. The van der Waals surface area contributed by atoms with Gasteiger partial charge in [0.1, 0.15) is 35.9 Å². The number of nitrogens with one attached hydrogen (secondary N) is 1. The van der Waals surface area contributed by atoms with Gasteiger partial charge >= 0.3 is 6.18 Å². The summed E-state index contributed by atoms with van der Waals surface area (Å²) < 4.78 is 66.7. The molecule has 0 saturated carbocycles. The molecule has 2 aromatic rings. The highest BCUT2D eigenvalue weighted by atomic mass is 19.4. The van der Waals surface area contributed by atoms with Gasteiger partial charge in [0.2, 0.25) is 12.2 Å². The maximum absolute atomic E-state index is 14.1. The average Bonchev–Trinajstić information content (AvgIpc) is 2.77. The molecule has 34 heavy (non-hydrogen) atoms. The van der Waals surface area contributed by atoms with Crippen LogP contribution < -0.4 is 10.1 Å². The molecule has 0 bridgehead atoms. The number of hydrogen-bond acceptors (Lipinski definition) is 7. The molecule has 0 aliphatic carbocycles. The van der Waals surface area contributed by atoms with Crippen LogP contribution in [0.3, 0.4) is 0 Å². The molecule has 1 fully saturated rings. The summed E-state index contributed by atoms with van der Waals surface area (Å²) in [6, 6.07) is 5.81. The van der Waals surface area contributed by atoms with Gasteiger partial charge in [-0.15, -0.1) is 0 Å². The second kappa shape index (κ2) is 9.94. The first-order valence-corrected chi connectivity index (χ1v) is 9.93. The average molecular weight is 484 g/mol. The van der Waals surface area contributed by atoms with Crippen molar-refractivity contribution in [2.24, 2.45) is 0 Å². The van der Waals surface area contributed by atoms with Crippen LogP contribution in [0.1, 0.15) is 18.1 Å². The molecule has 1 aliphatic rings. The maximum atomic E-state index is 14.1. The highest BCUT2D eigenvalue weighted by Gasteiger charge is 2.46. The quantitative estimate of drug-likeness (QED) is 0.475. The lowest BCUT2D eigenvalue weighted by atomic mass is 9.95. The van der Waals surface area contributed by atoms with E-state index in [1.165, 1.54) is 0 Å². The number of carbonyl (C=O) groups is 1. The molecule has 182 valence electrons. The summed E-state index contributed by atoms with van der Waals surface area (Å²) in [5.41, 5.74) is -2.37. The van der Waals surface area contributed by atoms with Crippen LogP contribution >= 0.6 is 0 Å². The van der Waals surface area contributed by atoms with E-state index in [1.54, 1.807) is 6.07 Å². The number of ether oxygens (including phenoxy) is 2. The molecule has 1 aliphatic heterocycles. The Morgan fingerprint density at radius 1 is 1.24 bits per heavy atom. The standard InChI is InChI=1S/C22H20F4N2O6/c1-10(30)28-18-20(32)19(31)16(9-29)34-21(18)33-15-4-2-3-14(22(24,25)26)17(15)12-5-11(8-27)6-13(23)7-12/h2-7,16,18-21,29,31-32H,9H2,1H3,(H,28,30)/t16-,18-,19+,20-,21-/m1/s1. The second-order valence-electron chi connectivity index (χ2n) is 7.57. The highest BCUT2D eigenvalue weighted by Crippen LogP contribution is 2.43. The van der Waals surface area contributed by atoms with Crippen LogP contribution in [-0.4, -0.2) is 58.5 Å². The number of benzene rings is 2. The third-order valence-electron chi connectivity index (χ3n) is 5.14. The van der Waals surface area contributed by atoms with Crippen LogP contribution in [0, 0.1) is 17.1 Å². The minimum Gasteiger partial charge on any atom is -0.462 e. The van der Waals surface area contributed by atoms with Gasteiger partial charge in [0.25, 0.3) is 0 Å². The van der Waals surface area contributed by atoms with Gasteiger partial charge in [-0.05, 0) is 35.9 Å². The Balaban J connectivity index is 2.15. The van der Waals surface area contributed by atoms with Crippen LogP contribution in [-0.2, 0) is 15.7 Å². The van der Waals surface area contributed by atoms with Gasteiger partial charge in [-0.25, -0.2) is 4.39 Å². The number of aliphatic hydroxyl groups excluding tert-OH is 3. The number of amides is 1. The van der Waals surface area contributed by atoms with Crippen molar-refractivity contribution in [3.63, 3.8) is 0 Å². The van der Waals surface area contributed by atoms with Gasteiger partial charge in [0, 0.05) is 12.5 Å². The minimum absolute atomic E-state index is 0.234. The zero-order valence-corrected chi connectivity index (χ0v) is 17.6. The molecule has 12 heteroatoms. The third-order valence-corrected chi connectivity index (χ3v) is 5.14. The SMILES string of the molecule is CC(=O)N[C@H]1[C@H](Oc2cccc(C(F)(F)F)c2-c2cc(F)cc(C#N)c2)O[C@H](CO)[C@H](O)[C@@H]1O. The van der Waals surface area contributed by atoms with Crippen molar-refractivity contribution in [3.8, 4) is 22.9 Å². The van der Waals surface area contributed by atoms with E-state index in [4.69, 9.17) is 14.7 Å². The smallest absolute Gasteiger partial charge is 0.417 e. The van der Waals surface area contributed by atoms with Gasteiger partial charge in [-0.2, -0.15) is 18.4 Å². The number of nitriles is 1. The molecule has 5 atom stereocenters. The Kier molecular flexibility index (Phi) is 7.42. The van der Waals surface area contributed by atoms with Crippen LogP contribution in [0.25, 0.3) is 11.1 Å². The lowest BCUT2D eigenvalue weighted by Crippen LogP contribution is -2.65. The van der Waals surface area contributed by atoms with E-state index in [-0.39, 0.29) is 11.1 Å². The molecule has 1 heterocycles. The molecule has 8 nitrogen and oxygen atoms in total. The Morgan fingerprint density at radius 2 is 1.94 bits per heavy atom. The minimum atomic E-state index is -4.90. The van der Waals surface area contributed by atoms with E-state index in [2.05, 4.69) is 5.32 Å². The Morgan fingerprint density at radius 3 is 2.53 bits per heavy atom.